The molecule has 0 amide bonds. The number of nitrogens with zero attached hydrogens (tertiary/aromatic N) is 4. The first-order valence-corrected chi connectivity index (χ1v) is 13.4. The first-order chi connectivity index (χ1) is 19.9. The van der Waals surface area contributed by atoms with Crippen molar-refractivity contribution in [2.45, 2.75) is 6.61 Å². The number of aromatic nitrogens is 2. The zero-order chi connectivity index (χ0) is 28.5. The highest BCUT2D eigenvalue weighted by Crippen LogP contribution is 2.29. The van der Waals surface area contributed by atoms with E-state index >= 15 is 0 Å². The topological polar surface area (TPSA) is 113 Å². The van der Waals surface area contributed by atoms with Gasteiger partial charge in [-0.3, -0.25) is 14.9 Å². The number of ether oxygens (including phenoxy) is 1. The van der Waals surface area contributed by atoms with Crippen molar-refractivity contribution in [2.75, 3.05) is 0 Å². The Hall–Kier alpha value is -4.80. The quantitative estimate of drug-likeness (QED) is 0.102. The van der Waals surface area contributed by atoms with Crippen LogP contribution in [-0.4, -0.2) is 20.8 Å². The van der Waals surface area contributed by atoms with Crippen molar-refractivity contribution in [1.29, 1.82) is 0 Å². The van der Waals surface area contributed by atoms with Crippen LogP contribution in [0, 0.1) is 10.1 Å². The second-order valence-electron chi connectivity index (χ2n) is 9.00. The molecule has 0 atom stereocenters. The SMILES string of the molecule is O=c1c2ccccc2nc(-c2cc3cc(Cl)ccc3o2)n1N=Cc1cc(Br)ccc1OCc1ccc([N+](=O)[O-])cc1. The van der Waals surface area contributed by atoms with Gasteiger partial charge in [0.05, 0.1) is 22.0 Å². The number of fused-ring (bicyclic) bond motifs is 2. The third-order valence-electron chi connectivity index (χ3n) is 6.28. The van der Waals surface area contributed by atoms with Gasteiger partial charge in [-0.25, -0.2) is 4.98 Å². The first-order valence-electron chi connectivity index (χ1n) is 12.3. The molecule has 0 N–H and O–H groups in total. The molecule has 0 saturated carbocycles. The molecule has 0 bridgehead atoms. The number of furan rings is 1. The summed E-state index contributed by atoms with van der Waals surface area (Å²) in [7, 11) is 0. The van der Waals surface area contributed by atoms with Crippen molar-refractivity contribution in [3.8, 4) is 17.3 Å². The highest BCUT2D eigenvalue weighted by molar-refractivity contribution is 9.10. The molecular weight excluding hydrogens is 612 g/mol. The molecule has 4 aromatic carbocycles. The van der Waals surface area contributed by atoms with E-state index in [1.807, 2.05) is 6.07 Å². The van der Waals surface area contributed by atoms with E-state index in [-0.39, 0.29) is 23.7 Å². The van der Waals surface area contributed by atoms with E-state index in [4.69, 9.17) is 25.7 Å². The minimum Gasteiger partial charge on any atom is -0.488 e. The van der Waals surface area contributed by atoms with Gasteiger partial charge in [0.1, 0.15) is 17.9 Å². The number of hydrogen-bond donors (Lipinski definition) is 0. The molecule has 41 heavy (non-hydrogen) atoms. The first kappa shape index (κ1) is 26.4. The maximum absolute atomic E-state index is 13.6. The average Bonchev–Trinajstić information content (AvgIpc) is 3.39. The maximum Gasteiger partial charge on any atom is 0.282 e. The highest BCUT2D eigenvalue weighted by atomic mass is 79.9. The summed E-state index contributed by atoms with van der Waals surface area (Å²) in [6, 6.07) is 25.5. The minimum absolute atomic E-state index is 0.00278. The van der Waals surface area contributed by atoms with E-state index < -0.39 is 4.92 Å². The van der Waals surface area contributed by atoms with Crippen molar-refractivity contribution < 1.29 is 14.1 Å². The van der Waals surface area contributed by atoms with Crippen LogP contribution in [0.2, 0.25) is 5.02 Å². The Kier molecular flexibility index (Phi) is 7.08. The van der Waals surface area contributed by atoms with Gasteiger partial charge in [-0.1, -0.05) is 39.7 Å². The number of rotatable bonds is 7. The average molecular weight is 630 g/mol. The summed E-state index contributed by atoms with van der Waals surface area (Å²) >= 11 is 9.64. The number of para-hydroxylation sites is 1. The summed E-state index contributed by atoms with van der Waals surface area (Å²) in [5, 5.41) is 17.2. The molecule has 9 nitrogen and oxygen atoms in total. The van der Waals surface area contributed by atoms with Gasteiger partial charge in [0.15, 0.2) is 5.76 Å². The van der Waals surface area contributed by atoms with Gasteiger partial charge in [-0.2, -0.15) is 9.78 Å². The van der Waals surface area contributed by atoms with Crippen molar-refractivity contribution in [2.24, 2.45) is 5.10 Å². The molecule has 2 heterocycles. The number of halogens is 2. The van der Waals surface area contributed by atoms with Crippen LogP contribution < -0.4 is 10.3 Å². The van der Waals surface area contributed by atoms with E-state index in [0.717, 1.165) is 15.4 Å². The van der Waals surface area contributed by atoms with Crippen LogP contribution >= 0.6 is 27.5 Å². The Balaban J connectivity index is 1.40. The molecular formula is C30H18BrClN4O5. The fourth-order valence-electron chi connectivity index (χ4n) is 4.26. The van der Waals surface area contributed by atoms with Gasteiger partial charge in [0.2, 0.25) is 5.82 Å². The summed E-state index contributed by atoms with van der Waals surface area (Å²) in [4.78, 5) is 28.8. The summed E-state index contributed by atoms with van der Waals surface area (Å²) < 4.78 is 14.0. The van der Waals surface area contributed by atoms with E-state index in [2.05, 4.69) is 21.0 Å². The molecule has 0 aliphatic heterocycles. The van der Waals surface area contributed by atoms with E-state index in [1.54, 1.807) is 72.8 Å². The lowest BCUT2D eigenvalue weighted by molar-refractivity contribution is -0.384. The molecule has 6 aromatic rings. The van der Waals surface area contributed by atoms with Crippen LogP contribution in [0.1, 0.15) is 11.1 Å². The monoisotopic (exact) mass is 628 g/mol. The number of nitro groups is 1. The maximum atomic E-state index is 13.6. The highest BCUT2D eigenvalue weighted by Gasteiger charge is 2.17. The summed E-state index contributed by atoms with van der Waals surface area (Å²) in [6.07, 6.45) is 1.51. The van der Waals surface area contributed by atoms with Gasteiger partial charge in [0.25, 0.3) is 11.2 Å². The number of hydrogen-bond acceptors (Lipinski definition) is 7. The largest absolute Gasteiger partial charge is 0.488 e. The van der Waals surface area contributed by atoms with Crippen LogP contribution in [0.25, 0.3) is 33.5 Å². The fourth-order valence-corrected chi connectivity index (χ4v) is 4.82. The Labute approximate surface area is 245 Å². The number of nitro benzene ring substituents is 1. The van der Waals surface area contributed by atoms with Gasteiger partial charge < -0.3 is 9.15 Å². The molecule has 0 aliphatic carbocycles. The molecule has 6 rings (SSSR count). The lowest BCUT2D eigenvalue weighted by Gasteiger charge is -2.11. The van der Waals surface area contributed by atoms with E-state index in [0.29, 0.717) is 38.6 Å². The normalized spacial score (nSPS) is 11.5. The van der Waals surface area contributed by atoms with Crippen LogP contribution in [-0.2, 0) is 6.61 Å². The Bertz CT molecular complexity index is 2040. The van der Waals surface area contributed by atoms with Crippen LogP contribution in [0.5, 0.6) is 5.75 Å². The van der Waals surface area contributed by atoms with Crippen molar-refractivity contribution in [1.82, 2.24) is 9.66 Å². The minimum atomic E-state index is -0.452. The van der Waals surface area contributed by atoms with Gasteiger partial charge in [-0.05, 0) is 72.3 Å². The second kappa shape index (κ2) is 11.0. The third-order valence-corrected chi connectivity index (χ3v) is 7.01. The lowest BCUT2D eigenvalue weighted by atomic mass is 10.2. The van der Waals surface area contributed by atoms with E-state index in [1.165, 1.54) is 23.0 Å². The Morgan fingerprint density at radius 2 is 1.85 bits per heavy atom. The second-order valence-corrected chi connectivity index (χ2v) is 10.4. The molecule has 0 saturated heterocycles. The van der Waals surface area contributed by atoms with Crippen LogP contribution in [0.4, 0.5) is 5.69 Å². The summed E-state index contributed by atoms with van der Waals surface area (Å²) in [5.74, 6) is 1.07. The molecule has 11 heteroatoms. The van der Waals surface area contributed by atoms with Crippen molar-refractivity contribution >= 4 is 61.3 Å². The molecule has 2 aromatic heterocycles. The predicted octanol–water partition coefficient (Wildman–Crippen LogP) is 7.60. The van der Waals surface area contributed by atoms with Gasteiger partial charge in [0, 0.05) is 32.6 Å². The molecule has 0 fully saturated rings. The smallest absolute Gasteiger partial charge is 0.282 e. The molecule has 202 valence electrons. The zero-order valence-corrected chi connectivity index (χ0v) is 23.4. The Morgan fingerprint density at radius 3 is 2.66 bits per heavy atom. The summed E-state index contributed by atoms with van der Waals surface area (Å²) in [6.45, 7) is 0.171. The predicted molar refractivity (Wildman–Crippen MR) is 161 cm³/mol. The fraction of sp³-hybridized carbons (Fsp3) is 0.0333. The molecule has 0 radical (unpaired) electrons. The summed E-state index contributed by atoms with van der Waals surface area (Å²) in [5.41, 5.74) is 2.07. The molecule has 0 spiro atoms. The van der Waals surface area contributed by atoms with E-state index in [9.17, 15) is 14.9 Å². The number of non-ortho nitro benzene ring substituents is 1. The van der Waals surface area contributed by atoms with Crippen LogP contribution in [0.15, 0.2) is 110 Å². The zero-order valence-electron chi connectivity index (χ0n) is 21.0. The van der Waals surface area contributed by atoms with Crippen LogP contribution in [0.3, 0.4) is 0 Å². The van der Waals surface area contributed by atoms with Crippen molar-refractivity contribution in [3.63, 3.8) is 0 Å². The standard InChI is InChI=1S/C30H18BrClN4O5/c31-21-7-11-26(40-17-18-5-9-23(10-6-18)36(38)39)20(13-21)16-33-35-29(34-25-4-2-1-3-24(25)30(35)37)28-15-19-14-22(32)8-12-27(19)41-28/h1-16H,17H2. The molecule has 0 aliphatic rings. The molecule has 0 unspecified atom stereocenters. The lowest BCUT2D eigenvalue weighted by Crippen LogP contribution is -2.20. The van der Waals surface area contributed by atoms with Gasteiger partial charge in [-0.15, -0.1) is 0 Å². The Morgan fingerprint density at radius 1 is 1.05 bits per heavy atom. The number of benzene rings is 4. The van der Waals surface area contributed by atoms with Crippen molar-refractivity contribution in [3.05, 3.63) is 132 Å². The third kappa shape index (κ3) is 5.47. The van der Waals surface area contributed by atoms with Gasteiger partial charge >= 0.3 is 0 Å².